The molecule has 0 radical (unpaired) electrons. The second kappa shape index (κ2) is 1.68. The van der Waals surface area contributed by atoms with Crippen molar-refractivity contribution >= 4 is 0 Å². The van der Waals surface area contributed by atoms with Crippen LogP contribution in [0.2, 0.25) is 0 Å². The van der Waals surface area contributed by atoms with Crippen LogP contribution in [-0.4, -0.2) is 6.30 Å². The van der Waals surface area contributed by atoms with Gasteiger partial charge in [-0.1, -0.05) is 0 Å². The van der Waals surface area contributed by atoms with Gasteiger partial charge in [0.15, 0.2) is 0 Å². The van der Waals surface area contributed by atoms with Gasteiger partial charge >= 0.3 is 0 Å². The Kier molecular flexibility index (Phi) is 1.47. The minimum Gasteiger partial charge on any atom is -0.290 e. The van der Waals surface area contributed by atoms with Gasteiger partial charge in [0, 0.05) is 0 Å². The fourth-order valence-corrected chi connectivity index (χ4v) is 0. The molecule has 3 heteroatoms. The lowest BCUT2D eigenvalue weighted by molar-refractivity contribution is 0.422. The second-order valence-electron chi connectivity index (χ2n) is 0.531. The fourth-order valence-electron chi connectivity index (χ4n) is 0. The van der Waals surface area contributed by atoms with Crippen LogP contribution in [0.3, 0.4) is 0 Å². The molecular formula is C2H3FN2. The predicted molar refractivity (Wildman–Crippen MR) is 14.7 cm³/mol. The Morgan fingerprint density at radius 1 is 2.00 bits per heavy atom. The van der Waals surface area contributed by atoms with E-state index in [1.54, 1.807) is 0 Å². The molecule has 0 saturated carbocycles. The standard InChI is InChI=1S/C2H3FN2/c3-2(5)1-4/h2H,5H2/t2-/m0/s1. The zero-order valence-corrected chi connectivity index (χ0v) is 2.48. The summed E-state index contributed by atoms with van der Waals surface area (Å²) in [6, 6.07) is 1.14. The van der Waals surface area contributed by atoms with Crippen LogP contribution in [0.1, 0.15) is 0 Å². The van der Waals surface area contributed by atoms with Gasteiger partial charge in [-0.2, -0.15) is 5.26 Å². The van der Waals surface area contributed by atoms with Crippen LogP contribution in [0.15, 0.2) is 0 Å². The highest BCUT2D eigenvalue weighted by Crippen LogP contribution is 1.66. The highest BCUT2D eigenvalue weighted by molar-refractivity contribution is 4.75. The van der Waals surface area contributed by atoms with Crippen LogP contribution >= 0.6 is 0 Å². The van der Waals surface area contributed by atoms with Gasteiger partial charge in [-0.15, -0.1) is 0 Å². The summed E-state index contributed by atoms with van der Waals surface area (Å²) in [6.07, 6.45) is -1.81. The SMILES string of the molecule is N#C[C@H](N)F. The normalized spacial score (nSPS) is 13.0. The average molecular weight is 74.1 g/mol. The average Bonchev–Trinajstić information content (AvgIpc) is 1.38. The summed E-state index contributed by atoms with van der Waals surface area (Å²) in [5, 5.41) is 7.39. The summed E-state index contributed by atoms with van der Waals surface area (Å²) in [5.41, 5.74) is 4.26. The smallest absolute Gasteiger partial charge is 0.235 e. The second-order valence-corrected chi connectivity index (χ2v) is 0.531. The summed E-state index contributed by atoms with van der Waals surface area (Å²) in [6.45, 7) is 0. The van der Waals surface area contributed by atoms with Gasteiger partial charge in [0.25, 0.3) is 0 Å². The minimum absolute atomic E-state index is 1.14. The van der Waals surface area contributed by atoms with Gasteiger partial charge in [-0.3, -0.25) is 5.73 Å². The van der Waals surface area contributed by atoms with Gasteiger partial charge in [0.2, 0.25) is 6.30 Å². The Hall–Kier alpha value is -0.620. The molecule has 28 valence electrons. The van der Waals surface area contributed by atoms with Crippen molar-refractivity contribution in [2.45, 2.75) is 6.30 Å². The molecule has 0 amide bonds. The van der Waals surface area contributed by atoms with Crippen LogP contribution < -0.4 is 5.73 Å². The van der Waals surface area contributed by atoms with Gasteiger partial charge in [0.05, 0.1) is 0 Å². The number of rotatable bonds is 0. The molecule has 0 aliphatic carbocycles. The molecule has 2 nitrogen and oxygen atoms in total. The van der Waals surface area contributed by atoms with Crippen molar-refractivity contribution in [2.24, 2.45) is 5.73 Å². The van der Waals surface area contributed by atoms with Crippen molar-refractivity contribution in [1.29, 1.82) is 5.26 Å². The van der Waals surface area contributed by atoms with E-state index in [2.05, 4.69) is 5.73 Å². The molecule has 0 aromatic carbocycles. The maximum Gasteiger partial charge on any atom is 0.235 e. The van der Waals surface area contributed by atoms with Crippen LogP contribution in [-0.2, 0) is 0 Å². The molecule has 0 bridgehead atoms. The highest BCUT2D eigenvalue weighted by atomic mass is 19.1. The molecule has 0 rings (SSSR count). The molecule has 0 fully saturated rings. The van der Waals surface area contributed by atoms with E-state index >= 15 is 0 Å². The maximum atomic E-state index is 10.8. The van der Waals surface area contributed by atoms with Crippen molar-refractivity contribution in [3.05, 3.63) is 0 Å². The summed E-state index contributed by atoms with van der Waals surface area (Å²) in [7, 11) is 0. The predicted octanol–water partition coefficient (Wildman–Crippen LogP) is -0.236. The van der Waals surface area contributed by atoms with E-state index < -0.39 is 6.30 Å². The quantitative estimate of drug-likeness (QED) is 0.403. The van der Waals surface area contributed by atoms with E-state index in [0.717, 1.165) is 6.07 Å². The fraction of sp³-hybridized carbons (Fsp3) is 0.500. The van der Waals surface area contributed by atoms with Gasteiger partial charge in [-0.25, -0.2) is 4.39 Å². The maximum absolute atomic E-state index is 10.8. The first-order valence-corrected chi connectivity index (χ1v) is 1.06. The third-order valence-electron chi connectivity index (χ3n) is 0.123. The van der Waals surface area contributed by atoms with Gasteiger partial charge in [0.1, 0.15) is 6.07 Å². The molecule has 0 aromatic rings. The number of halogens is 1. The lowest BCUT2D eigenvalue weighted by atomic mass is 10.7. The Labute approximate surface area is 29.0 Å². The molecule has 0 aliphatic rings. The lowest BCUT2D eigenvalue weighted by Gasteiger charge is -1.73. The summed E-state index contributed by atoms with van der Waals surface area (Å²) in [4.78, 5) is 0. The van der Waals surface area contributed by atoms with Gasteiger partial charge < -0.3 is 0 Å². The monoisotopic (exact) mass is 74.0 g/mol. The molecule has 2 N–H and O–H groups in total. The van der Waals surface area contributed by atoms with Crippen molar-refractivity contribution in [3.63, 3.8) is 0 Å². The van der Waals surface area contributed by atoms with Crippen LogP contribution in [0.5, 0.6) is 0 Å². The van der Waals surface area contributed by atoms with E-state index in [0.29, 0.717) is 0 Å². The van der Waals surface area contributed by atoms with Crippen LogP contribution in [0.25, 0.3) is 0 Å². The number of hydrogen-bond donors (Lipinski definition) is 1. The molecule has 5 heavy (non-hydrogen) atoms. The molecular weight excluding hydrogens is 71.0 g/mol. The lowest BCUT2D eigenvalue weighted by Crippen LogP contribution is -2.07. The number of nitrogens with two attached hydrogens (primary N) is 1. The Morgan fingerprint density at radius 3 is 2.20 bits per heavy atom. The van der Waals surface area contributed by atoms with E-state index in [9.17, 15) is 4.39 Å². The molecule has 1 atom stereocenters. The zero-order chi connectivity index (χ0) is 4.28. The van der Waals surface area contributed by atoms with Crippen molar-refractivity contribution < 1.29 is 4.39 Å². The van der Waals surface area contributed by atoms with Crippen molar-refractivity contribution in [1.82, 2.24) is 0 Å². The third-order valence-corrected chi connectivity index (χ3v) is 0.123. The Balaban J connectivity index is 2.94. The van der Waals surface area contributed by atoms with E-state index in [1.807, 2.05) is 0 Å². The Bertz CT molecular complexity index is 53.2. The third kappa shape index (κ3) is 3.38. The van der Waals surface area contributed by atoms with Gasteiger partial charge in [-0.05, 0) is 0 Å². The molecule has 0 aliphatic heterocycles. The molecule has 0 aromatic heterocycles. The van der Waals surface area contributed by atoms with Crippen molar-refractivity contribution in [2.75, 3.05) is 0 Å². The van der Waals surface area contributed by atoms with E-state index in [-0.39, 0.29) is 0 Å². The molecule has 0 unspecified atom stereocenters. The van der Waals surface area contributed by atoms with Crippen LogP contribution in [0, 0.1) is 11.3 Å². The number of hydrogen-bond acceptors (Lipinski definition) is 2. The first-order chi connectivity index (χ1) is 2.27. The first-order valence-electron chi connectivity index (χ1n) is 1.06. The molecule has 0 heterocycles. The Morgan fingerprint density at radius 2 is 2.20 bits per heavy atom. The zero-order valence-electron chi connectivity index (χ0n) is 2.48. The topological polar surface area (TPSA) is 49.8 Å². The summed E-state index contributed by atoms with van der Waals surface area (Å²) in [5.74, 6) is 0. The number of nitriles is 1. The van der Waals surface area contributed by atoms with Crippen LogP contribution in [0.4, 0.5) is 4.39 Å². The van der Waals surface area contributed by atoms with E-state index in [4.69, 9.17) is 5.26 Å². The largest absolute Gasteiger partial charge is 0.290 e. The highest BCUT2D eigenvalue weighted by Gasteiger charge is 1.84. The first kappa shape index (κ1) is 4.38. The van der Waals surface area contributed by atoms with E-state index in [1.165, 1.54) is 0 Å². The summed E-state index contributed by atoms with van der Waals surface area (Å²) < 4.78 is 10.8. The molecule has 0 saturated heterocycles. The molecule has 0 spiro atoms. The number of nitrogens with zero attached hydrogens (tertiary/aromatic N) is 1. The number of alkyl halides is 1. The summed E-state index contributed by atoms with van der Waals surface area (Å²) >= 11 is 0. The van der Waals surface area contributed by atoms with Crippen molar-refractivity contribution in [3.8, 4) is 6.07 Å². The minimum atomic E-state index is -1.81.